The van der Waals surface area contributed by atoms with Crippen LogP contribution >= 0.6 is 0 Å². The summed E-state index contributed by atoms with van der Waals surface area (Å²) >= 11 is 0. The molecule has 1 aliphatic heterocycles. The van der Waals surface area contributed by atoms with E-state index in [1.165, 1.54) is 18.6 Å². The van der Waals surface area contributed by atoms with E-state index < -0.39 is 0 Å². The number of nitrogens with zero attached hydrogens (tertiary/aromatic N) is 6. The van der Waals surface area contributed by atoms with Crippen molar-refractivity contribution in [1.82, 2.24) is 24.4 Å². The van der Waals surface area contributed by atoms with Crippen molar-refractivity contribution in [3.8, 4) is 5.75 Å². The Balaban J connectivity index is 1.26. The van der Waals surface area contributed by atoms with Crippen LogP contribution in [0.25, 0.3) is 21.9 Å². The molecule has 0 bridgehead atoms. The summed E-state index contributed by atoms with van der Waals surface area (Å²) in [6, 6.07) is 8.87. The molecule has 1 fully saturated rings. The highest BCUT2D eigenvalue weighted by molar-refractivity contribution is 5.87. The molecule has 0 saturated carbocycles. The molecule has 0 spiro atoms. The van der Waals surface area contributed by atoms with Gasteiger partial charge in [0.25, 0.3) is 0 Å². The first kappa shape index (κ1) is 20.3. The number of hydrogen-bond acceptors (Lipinski definition) is 6. The highest BCUT2D eigenvalue weighted by Crippen LogP contribution is 2.33. The van der Waals surface area contributed by atoms with E-state index in [0.717, 1.165) is 29.3 Å². The second-order valence-corrected chi connectivity index (χ2v) is 7.97. The summed E-state index contributed by atoms with van der Waals surface area (Å²) in [6.07, 6.45) is 7.99. The third-order valence-corrected chi connectivity index (χ3v) is 5.35. The van der Waals surface area contributed by atoms with Crippen molar-refractivity contribution in [1.29, 1.82) is 0 Å². The Labute approximate surface area is 184 Å². The zero-order chi connectivity index (χ0) is 22.1. The topological polar surface area (TPSA) is 77.7 Å². The van der Waals surface area contributed by atoms with Gasteiger partial charge < -0.3 is 18.9 Å². The largest absolute Gasteiger partial charge is 0.491 e. The maximum absolute atomic E-state index is 13.3. The minimum atomic E-state index is -0.351. The molecule has 9 heteroatoms. The number of benzene rings is 1. The van der Waals surface area contributed by atoms with Gasteiger partial charge in [0.2, 0.25) is 0 Å². The molecule has 1 aliphatic rings. The fourth-order valence-corrected chi connectivity index (χ4v) is 3.83. The van der Waals surface area contributed by atoms with Crippen molar-refractivity contribution in [2.45, 2.75) is 25.2 Å². The van der Waals surface area contributed by atoms with Crippen LogP contribution in [0, 0.1) is 5.82 Å². The molecular weight excluding hydrogens is 411 g/mol. The first-order valence-electron chi connectivity index (χ1n) is 10.4. The number of hydrogen-bond donors (Lipinski definition) is 0. The van der Waals surface area contributed by atoms with E-state index in [0.29, 0.717) is 23.7 Å². The quantitative estimate of drug-likeness (QED) is 0.336. The molecule has 32 heavy (non-hydrogen) atoms. The molecule has 4 aromatic rings. The predicted octanol–water partition coefficient (Wildman–Crippen LogP) is 4.10. The number of aliphatic imine (C=N–C) groups is 1. The van der Waals surface area contributed by atoms with Gasteiger partial charge in [0, 0.05) is 31.7 Å². The van der Waals surface area contributed by atoms with Gasteiger partial charge in [-0.15, -0.1) is 0 Å². The van der Waals surface area contributed by atoms with Crippen LogP contribution in [0.4, 0.5) is 10.2 Å². The fraction of sp³-hybridized carbons (Fsp3) is 0.304. The molecule has 2 atom stereocenters. The normalized spacial score (nSPS) is 18.7. The molecule has 8 nitrogen and oxygen atoms in total. The highest BCUT2D eigenvalue weighted by Gasteiger charge is 2.28. The van der Waals surface area contributed by atoms with E-state index in [1.54, 1.807) is 12.4 Å². The third-order valence-electron chi connectivity index (χ3n) is 5.35. The van der Waals surface area contributed by atoms with Crippen molar-refractivity contribution in [2.24, 2.45) is 4.99 Å². The Kier molecular flexibility index (Phi) is 5.40. The van der Waals surface area contributed by atoms with E-state index in [-0.39, 0.29) is 18.1 Å². The van der Waals surface area contributed by atoms with Gasteiger partial charge in [-0.3, -0.25) is 4.98 Å². The first-order chi connectivity index (χ1) is 15.6. The maximum Gasteiger partial charge on any atom is 0.166 e. The number of ether oxygens (including phenoxy) is 2. The van der Waals surface area contributed by atoms with Crippen LogP contribution in [0.15, 0.2) is 54.0 Å². The molecule has 0 aliphatic carbocycles. The summed E-state index contributed by atoms with van der Waals surface area (Å²) in [5.41, 5.74) is 1.49. The zero-order valence-corrected chi connectivity index (χ0v) is 17.8. The number of pyridine rings is 1. The van der Waals surface area contributed by atoms with Crippen molar-refractivity contribution in [2.75, 3.05) is 20.7 Å². The fourth-order valence-electron chi connectivity index (χ4n) is 3.83. The summed E-state index contributed by atoms with van der Waals surface area (Å²) in [4.78, 5) is 19.1. The van der Waals surface area contributed by atoms with Gasteiger partial charge >= 0.3 is 0 Å². The lowest BCUT2D eigenvalue weighted by atomic mass is 10.2. The van der Waals surface area contributed by atoms with Crippen molar-refractivity contribution in [3.63, 3.8) is 0 Å². The van der Waals surface area contributed by atoms with Crippen molar-refractivity contribution in [3.05, 3.63) is 54.9 Å². The van der Waals surface area contributed by atoms with Crippen LogP contribution in [-0.2, 0) is 4.74 Å². The SMILES string of the molecule is CN(C)C=Nc1ncnc2c1ccn2C1CCC(COc2ccc3cc(F)cnc3c2)O1. The van der Waals surface area contributed by atoms with Gasteiger partial charge in [0.15, 0.2) is 5.82 Å². The summed E-state index contributed by atoms with van der Waals surface area (Å²) in [6.45, 7) is 0.426. The average molecular weight is 434 g/mol. The van der Waals surface area contributed by atoms with E-state index in [2.05, 4.69) is 19.9 Å². The summed E-state index contributed by atoms with van der Waals surface area (Å²) < 4.78 is 27.5. The lowest BCUT2D eigenvalue weighted by Gasteiger charge is -2.16. The average Bonchev–Trinajstić information content (AvgIpc) is 3.43. The molecule has 1 aromatic carbocycles. The molecule has 0 amide bonds. The summed E-state index contributed by atoms with van der Waals surface area (Å²) in [5, 5.41) is 1.62. The highest BCUT2D eigenvalue weighted by atomic mass is 19.1. The number of halogens is 1. The van der Waals surface area contributed by atoms with Crippen LogP contribution in [0.1, 0.15) is 19.1 Å². The Hall–Kier alpha value is -3.59. The van der Waals surface area contributed by atoms with Crippen LogP contribution in [0.2, 0.25) is 0 Å². The number of rotatable bonds is 6. The molecule has 1 saturated heterocycles. The van der Waals surface area contributed by atoms with Crippen LogP contribution in [0.5, 0.6) is 5.75 Å². The van der Waals surface area contributed by atoms with Crippen LogP contribution in [0.3, 0.4) is 0 Å². The van der Waals surface area contributed by atoms with Gasteiger partial charge in [-0.05, 0) is 37.1 Å². The monoisotopic (exact) mass is 434 g/mol. The Morgan fingerprint density at radius 3 is 3.00 bits per heavy atom. The third kappa shape index (κ3) is 4.11. The van der Waals surface area contributed by atoms with Crippen molar-refractivity contribution < 1.29 is 13.9 Å². The Morgan fingerprint density at radius 1 is 1.22 bits per heavy atom. The minimum absolute atomic E-state index is 0.0395. The molecular formula is C23H23FN6O2. The maximum atomic E-state index is 13.3. The van der Waals surface area contributed by atoms with E-state index in [1.807, 2.05) is 48.0 Å². The van der Waals surface area contributed by atoms with E-state index in [4.69, 9.17) is 9.47 Å². The molecule has 0 radical (unpaired) electrons. The Bertz CT molecular complexity index is 1290. The smallest absolute Gasteiger partial charge is 0.166 e. The molecule has 3 aromatic heterocycles. The van der Waals surface area contributed by atoms with E-state index in [9.17, 15) is 4.39 Å². The molecule has 4 heterocycles. The zero-order valence-electron chi connectivity index (χ0n) is 17.8. The van der Waals surface area contributed by atoms with Gasteiger partial charge in [-0.1, -0.05) is 0 Å². The van der Waals surface area contributed by atoms with Crippen LogP contribution < -0.4 is 4.74 Å². The second-order valence-electron chi connectivity index (χ2n) is 7.97. The standard InChI is InChI=1S/C23H23FN6O2/c1-29(2)14-28-22-19-7-8-30(23(19)27-13-26-22)21-6-5-18(32-21)12-31-17-4-3-15-9-16(24)11-25-20(15)10-17/h3-4,7-11,13-14,18,21H,5-6,12H2,1-2H3. The van der Waals surface area contributed by atoms with Crippen LogP contribution in [-0.4, -0.2) is 57.6 Å². The van der Waals surface area contributed by atoms with Gasteiger partial charge in [0.1, 0.15) is 36.4 Å². The molecule has 2 unspecified atom stereocenters. The Morgan fingerprint density at radius 2 is 2.12 bits per heavy atom. The van der Waals surface area contributed by atoms with Gasteiger partial charge in [0.05, 0.1) is 29.5 Å². The minimum Gasteiger partial charge on any atom is -0.491 e. The van der Waals surface area contributed by atoms with Crippen molar-refractivity contribution >= 4 is 34.1 Å². The summed E-state index contributed by atoms with van der Waals surface area (Å²) in [7, 11) is 3.83. The van der Waals surface area contributed by atoms with Gasteiger partial charge in [-0.2, -0.15) is 0 Å². The molecule has 164 valence electrons. The summed E-state index contributed by atoms with van der Waals surface area (Å²) in [5.74, 6) is 0.965. The predicted molar refractivity (Wildman–Crippen MR) is 120 cm³/mol. The lowest BCUT2D eigenvalue weighted by molar-refractivity contribution is -0.0156. The molecule has 5 rings (SSSR count). The number of aromatic nitrogens is 4. The lowest BCUT2D eigenvalue weighted by Crippen LogP contribution is -2.18. The second kappa shape index (κ2) is 8.51. The van der Waals surface area contributed by atoms with Gasteiger partial charge in [-0.25, -0.2) is 19.4 Å². The first-order valence-corrected chi connectivity index (χ1v) is 10.4. The molecule has 0 N–H and O–H groups in total. The van der Waals surface area contributed by atoms with E-state index >= 15 is 0 Å². The number of fused-ring (bicyclic) bond motifs is 2.